The van der Waals surface area contributed by atoms with Crippen LogP contribution in [0.4, 0.5) is 5.95 Å². The van der Waals surface area contributed by atoms with Crippen molar-refractivity contribution < 1.29 is 14.7 Å². The molecule has 0 saturated carbocycles. The van der Waals surface area contributed by atoms with Crippen LogP contribution in [0.25, 0.3) is 0 Å². The van der Waals surface area contributed by atoms with Crippen molar-refractivity contribution in [1.29, 1.82) is 0 Å². The highest BCUT2D eigenvalue weighted by atomic mass is 32.2. The maximum atomic E-state index is 11.2. The van der Waals surface area contributed by atoms with Gasteiger partial charge in [0.1, 0.15) is 6.33 Å². The molecule has 8 heteroatoms. The number of rotatable bonds is 5. The molecule has 0 aliphatic carbocycles. The van der Waals surface area contributed by atoms with Crippen LogP contribution in [0, 0.1) is 0 Å². The summed E-state index contributed by atoms with van der Waals surface area (Å²) < 4.78 is 1.42. The van der Waals surface area contributed by atoms with E-state index in [-0.39, 0.29) is 17.4 Å². The molecule has 2 N–H and O–H groups in total. The van der Waals surface area contributed by atoms with Crippen molar-refractivity contribution in [3.05, 3.63) is 6.33 Å². The van der Waals surface area contributed by atoms with E-state index in [4.69, 9.17) is 5.11 Å². The molecule has 0 aromatic carbocycles. The molecule has 0 bridgehead atoms. The number of aryl methyl sites for hydroxylation is 1. The SMILES string of the molecule is Cn1ncnc1NC(=O)CSCC(=O)O. The first kappa shape index (κ1) is 11.5. The lowest BCUT2D eigenvalue weighted by atomic mass is 10.7. The number of anilines is 1. The van der Waals surface area contributed by atoms with E-state index < -0.39 is 5.97 Å². The van der Waals surface area contributed by atoms with Gasteiger partial charge in [0.2, 0.25) is 11.9 Å². The van der Waals surface area contributed by atoms with Gasteiger partial charge in [-0.2, -0.15) is 10.1 Å². The lowest BCUT2D eigenvalue weighted by molar-refractivity contribution is -0.133. The first-order chi connectivity index (χ1) is 7.09. The molecule has 1 aromatic heterocycles. The number of thioether (sulfide) groups is 1. The Morgan fingerprint density at radius 1 is 1.60 bits per heavy atom. The fraction of sp³-hybridized carbons (Fsp3) is 0.429. The zero-order valence-electron chi connectivity index (χ0n) is 8.01. The summed E-state index contributed by atoms with van der Waals surface area (Å²) in [5.74, 6) is -0.898. The standard InChI is InChI=1S/C7H10N4O3S/c1-11-7(8-4-9-11)10-5(12)2-15-3-6(13)14/h4H,2-3H2,1H3,(H,13,14)(H,8,9,10,12). The monoisotopic (exact) mass is 230 g/mol. The second-order valence-electron chi connectivity index (χ2n) is 2.64. The van der Waals surface area contributed by atoms with E-state index in [1.54, 1.807) is 7.05 Å². The van der Waals surface area contributed by atoms with Crippen LogP contribution in [-0.4, -0.2) is 43.3 Å². The third-order valence-corrected chi connectivity index (χ3v) is 2.34. The highest BCUT2D eigenvalue weighted by molar-refractivity contribution is 8.00. The Kier molecular flexibility index (Phi) is 4.10. The summed E-state index contributed by atoms with van der Waals surface area (Å²) in [6, 6.07) is 0. The number of carboxylic acids is 1. The van der Waals surface area contributed by atoms with Crippen molar-refractivity contribution in [3.63, 3.8) is 0 Å². The van der Waals surface area contributed by atoms with Crippen molar-refractivity contribution in [2.45, 2.75) is 0 Å². The highest BCUT2D eigenvalue weighted by Gasteiger charge is 2.07. The largest absolute Gasteiger partial charge is 0.481 e. The molecule has 0 fully saturated rings. The first-order valence-corrected chi connectivity index (χ1v) is 5.18. The maximum Gasteiger partial charge on any atom is 0.313 e. The molecule has 1 aromatic rings. The second-order valence-corrected chi connectivity index (χ2v) is 3.63. The molecule has 1 heterocycles. The van der Waals surface area contributed by atoms with Gasteiger partial charge in [0.15, 0.2) is 0 Å². The van der Waals surface area contributed by atoms with Crippen LogP contribution in [-0.2, 0) is 16.6 Å². The van der Waals surface area contributed by atoms with E-state index in [2.05, 4.69) is 15.4 Å². The maximum absolute atomic E-state index is 11.2. The van der Waals surface area contributed by atoms with Crippen molar-refractivity contribution in [2.75, 3.05) is 16.8 Å². The van der Waals surface area contributed by atoms with Gasteiger partial charge >= 0.3 is 5.97 Å². The summed E-state index contributed by atoms with van der Waals surface area (Å²) in [6.45, 7) is 0. The van der Waals surface area contributed by atoms with Crippen LogP contribution >= 0.6 is 11.8 Å². The van der Waals surface area contributed by atoms with Gasteiger partial charge in [0.05, 0.1) is 11.5 Å². The Labute approximate surface area is 89.9 Å². The number of carboxylic acid groups (broad SMARTS) is 1. The number of amides is 1. The number of hydrogen-bond acceptors (Lipinski definition) is 5. The average Bonchev–Trinajstić information content (AvgIpc) is 2.51. The number of aliphatic carboxylic acids is 1. The lowest BCUT2D eigenvalue weighted by Gasteiger charge is -2.02. The molecule has 1 amide bonds. The third kappa shape index (κ3) is 3.98. The molecule has 7 nitrogen and oxygen atoms in total. The normalized spacial score (nSPS) is 9.93. The van der Waals surface area contributed by atoms with Crippen molar-refractivity contribution >= 4 is 29.6 Å². The minimum absolute atomic E-state index is 0.0825. The number of carbonyl (C=O) groups is 2. The smallest absolute Gasteiger partial charge is 0.313 e. The summed E-state index contributed by atoms with van der Waals surface area (Å²) in [5.41, 5.74) is 0. The molecule has 0 spiro atoms. The third-order valence-electron chi connectivity index (χ3n) is 1.42. The summed E-state index contributed by atoms with van der Waals surface area (Å²) in [4.78, 5) is 25.2. The van der Waals surface area contributed by atoms with Crippen molar-refractivity contribution in [3.8, 4) is 0 Å². The molecule has 0 aliphatic rings. The van der Waals surface area contributed by atoms with E-state index >= 15 is 0 Å². The molecule has 0 atom stereocenters. The average molecular weight is 230 g/mol. The van der Waals surface area contributed by atoms with Gasteiger partial charge in [0.25, 0.3) is 0 Å². The van der Waals surface area contributed by atoms with Gasteiger partial charge in [-0.05, 0) is 0 Å². The molecule has 15 heavy (non-hydrogen) atoms. The summed E-state index contributed by atoms with van der Waals surface area (Å²) in [6.07, 6.45) is 1.32. The van der Waals surface area contributed by atoms with Crippen LogP contribution in [0.5, 0.6) is 0 Å². The minimum Gasteiger partial charge on any atom is -0.481 e. The summed E-state index contributed by atoms with van der Waals surface area (Å²) in [7, 11) is 1.65. The Morgan fingerprint density at radius 2 is 2.33 bits per heavy atom. The predicted octanol–water partition coefficient (Wildman–Crippen LogP) is -0.429. The zero-order chi connectivity index (χ0) is 11.3. The van der Waals surface area contributed by atoms with Crippen molar-refractivity contribution in [2.24, 2.45) is 7.05 Å². The van der Waals surface area contributed by atoms with Crippen LogP contribution in [0.2, 0.25) is 0 Å². The zero-order valence-corrected chi connectivity index (χ0v) is 8.82. The van der Waals surface area contributed by atoms with Gasteiger partial charge in [-0.3, -0.25) is 14.9 Å². The van der Waals surface area contributed by atoms with E-state index in [0.29, 0.717) is 5.95 Å². The van der Waals surface area contributed by atoms with E-state index in [1.165, 1.54) is 11.0 Å². The predicted molar refractivity (Wildman–Crippen MR) is 54.6 cm³/mol. The van der Waals surface area contributed by atoms with Gasteiger partial charge in [0, 0.05) is 7.05 Å². The van der Waals surface area contributed by atoms with Gasteiger partial charge < -0.3 is 5.11 Å². The second kappa shape index (κ2) is 5.35. The van der Waals surface area contributed by atoms with Gasteiger partial charge in [-0.1, -0.05) is 0 Å². The first-order valence-electron chi connectivity index (χ1n) is 4.03. The number of carbonyl (C=O) groups excluding carboxylic acids is 1. The quantitative estimate of drug-likeness (QED) is 0.712. The van der Waals surface area contributed by atoms with Crippen LogP contribution in [0.1, 0.15) is 0 Å². The number of nitrogens with one attached hydrogen (secondary N) is 1. The summed E-state index contributed by atoms with van der Waals surface area (Å²) >= 11 is 1.03. The fourth-order valence-corrected chi connectivity index (χ4v) is 1.34. The van der Waals surface area contributed by atoms with Crippen LogP contribution < -0.4 is 5.32 Å². The number of hydrogen-bond donors (Lipinski definition) is 2. The topological polar surface area (TPSA) is 97.1 Å². The molecule has 0 aliphatic heterocycles. The molecule has 1 rings (SSSR count). The Morgan fingerprint density at radius 3 is 2.87 bits per heavy atom. The number of nitrogens with zero attached hydrogens (tertiary/aromatic N) is 3. The van der Waals surface area contributed by atoms with Crippen molar-refractivity contribution in [1.82, 2.24) is 14.8 Å². The fourth-order valence-electron chi connectivity index (χ4n) is 0.801. The van der Waals surface area contributed by atoms with Crippen LogP contribution in [0.3, 0.4) is 0 Å². The lowest BCUT2D eigenvalue weighted by Crippen LogP contribution is -2.18. The van der Waals surface area contributed by atoms with E-state index in [9.17, 15) is 9.59 Å². The summed E-state index contributed by atoms with van der Waals surface area (Å²) in [5, 5.41) is 14.6. The highest BCUT2D eigenvalue weighted by Crippen LogP contribution is 2.02. The Balaban J connectivity index is 2.31. The van der Waals surface area contributed by atoms with Gasteiger partial charge in [-0.15, -0.1) is 11.8 Å². The molecular weight excluding hydrogens is 220 g/mol. The Bertz CT molecular complexity index is 365. The molecule has 0 radical (unpaired) electrons. The van der Waals surface area contributed by atoms with E-state index in [0.717, 1.165) is 11.8 Å². The molecule has 0 saturated heterocycles. The minimum atomic E-state index is -0.938. The Hall–Kier alpha value is -1.57. The van der Waals surface area contributed by atoms with Gasteiger partial charge in [-0.25, -0.2) is 4.68 Å². The van der Waals surface area contributed by atoms with E-state index in [1.807, 2.05) is 0 Å². The molecule has 0 unspecified atom stereocenters. The number of aromatic nitrogens is 3. The molecular formula is C7H10N4O3S. The molecule has 82 valence electrons. The van der Waals surface area contributed by atoms with Crippen LogP contribution in [0.15, 0.2) is 6.33 Å².